The van der Waals surface area contributed by atoms with E-state index in [2.05, 4.69) is 60.6 Å². The van der Waals surface area contributed by atoms with Crippen LogP contribution in [0.3, 0.4) is 0 Å². The van der Waals surface area contributed by atoms with Gasteiger partial charge in [-0.05, 0) is 90.8 Å². The molecular formula is C22H30S. The molecule has 2 unspecified atom stereocenters. The van der Waals surface area contributed by atoms with Gasteiger partial charge < -0.3 is 0 Å². The third-order valence-corrected chi connectivity index (χ3v) is 6.89. The van der Waals surface area contributed by atoms with Crippen LogP contribution in [-0.4, -0.2) is 0 Å². The first kappa shape index (κ1) is 16.9. The van der Waals surface area contributed by atoms with E-state index in [9.17, 15) is 0 Å². The van der Waals surface area contributed by atoms with E-state index < -0.39 is 0 Å². The third kappa shape index (κ3) is 2.61. The zero-order valence-electron chi connectivity index (χ0n) is 15.7. The molecule has 23 heavy (non-hydrogen) atoms. The highest BCUT2D eigenvalue weighted by atomic mass is 32.1. The first-order chi connectivity index (χ1) is 10.6. The normalized spacial score (nSPS) is 25.9. The summed E-state index contributed by atoms with van der Waals surface area (Å²) >= 11 is 4.82. The molecule has 0 N–H and O–H groups in total. The van der Waals surface area contributed by atoms with E-state index in [1.54, 1.807) is 16.7 Å². The van der Waals surface area contributed by atoms with E-state index in [0.717, 1.165) is 6.42 Å². The summed E-state index contributed by atoms with van der Waals surface area (Å²) in [6.07, 6.45) is 7.47. The Morgan fingerprint density at radius 3 is 2.26 bits per heavy atom. The predicted molar refractivity (Wildman–Crippen MR) is 104 cm³/mol. The Labute approximate surface area is 147 Å². The van der Waals surface area contributed by atoms with Crippen LogP contribution < -0.4 is 0 Å². The molecule has 0 saturated heterocycles. The highest BCUT2D eigenvalue weighted by Crippen LogP contribution is 2.52. The Morgan fingerprint density at radius 2 is 1.61 bits per heavy atom. The van der Waals surface area contributed by atoms with Gasteiger partial charge in [0.25, 0.3) is 0 Å². The molecule has 0 heterocycles. The van der Waals surface area contributed by atoms with Crippen LogP contribution >= 0.6 is 12.6 Å². The standard InChI is InChI=1S/C22H30S/c1-12-10-18(17-8-9-22(6,7)11-19(12)17)20-14(3)13(2)15(4)21(23)16(20)5/h8,11-12,18,23H,9-10H2,1-7H3. The van der Waals surface area contributed by atoms with E-state index in [0.29, 0.717) is 17.3 Å². The van der Waals surface area contributed by atoms with Crippen LogP contribution in [0.5, 0.6) is 0 Å². The smallest absolute Gasteiger partial charge is 0.0104 e. The lowest BCUT2D eigenvalue weighted by Gasteiger charge is -2.28. The Kier molecular flexibility index (Phi) is 4.08. The van der Waals surface area contributed by atoms with E-state index in [4.69, 9.17) is 12.6 Å². The molecule has 124 valence electrons. The van der Waals surface area contributed by atoms with Crippen molar-refractivity contribution in [3.63, 3.8) is 0 Å². The summed E-state index contributed by atoms with van der Waals surface area (Å²) in [4.78, 5) is 1.19. The lowest BCUT2D eigenvalue weighted by molar-refractivity contribution is 0.473. The molecule has 1 aromatic carbocycles. The Morgan fingerprint density at radius 1 is 0.957 bits per heavy atom. The molecule has 1 fully saturated rings. The summed E-state index contributed by atoms with van der Waals surface area (Å²) in [6.45, 7) is 16.1. The van der Waals surface area contributed by atoms with Crippen LogP contribution in [0, 0.1) is 39.0 Å². The molecular weight excluding hydrogens is 296 g/mol. The summed E-state index contributed by atoms with van der Waals surface area (Å²) in [6, 6.07) is 0. The van der Waals surface area contributed by atoms with E-state index in [1.807, 2.05) is 0 Å². The summed E-state index contributed by atoms with van der Waals surface area (Å²) in [5.41, 5.74) is 10.7. The van der Waals surface area contributed by atoms with E-state index >= 15 is 0 Å². The van der Waals surface area contributed by atoms with Crippen LogP contribution in [-0.2, 0) is 0 Å². The summed E-state index contributed by atoms with van der Waals surface area (Å²) in [5.74, 6) is 1.21. The molecule has 0 bridgehead atoms. The molecule has 2 aliphatic rings. The van der Waals surface area contributed by atoms with Gasteiger partial charge in [0.15, 0.2) is 0 Å². The van der Waals surface area contributed by atoms with Crippen molar-refractivity contribution in [1.29, 1.82) is 0 Å². The van der Waals surface area contributed by atoms with Crippen molar-refractivity contribution in [1.82, 2.24) is 0 Å². The van der Waals surface area contributed by atoms with Gasteiger partial charge in [-0.1, -0.05) is 32.9 Å². The summed E-state index contributed by atoms with van der Waals surface area (Å²) in [5, 5.41) is 0. The van der Waals surface area contributed by atoms with Crippen molar-refractivity contribution in [3.8, 4) is 0 Å². The van der Waals surface area contributed by atoms with Gasteiger partial charge in [-0.25, -0.2) is 0 Å². The van der Waals surface area contributed by atoms with Crippen molar-refractivity contribution >= 4 is 12.6 Å². The monoisotopic (exact) mass is 326 g/mol. The molecule has 3 rings (SSSR count). The number of rotatable bonds is 1. The number of thiol groups is 1. The second-order valence-corrected chi connectivity index (χ2v) is 8.85. The molecule has 1 saturated carbocycles. The first-order valence-corrected chi connectivity index (χ1v) is 9.31. The Balaban J connectivity index is 2.16. The van der Waals surface area contributed by atoms with Gasteiger partial charge in [0.1, 0.15) is 0 Å². The van der Waals surface area contributed by atoms with Crippen molar-refractivity contribution < 1.29 is 0 Å². The van der Waals surface area contributed by atoms with E-state index in [-0.39, 0.29) is 0 Å². The lowest BCUT2D eigenvalue weighted by Crippen LogP contribution is -2.14. The number of hydrogen-bond donors (Lipinski definition) is 1. The topological polar surface area (TPSA) is 0 Å². The van der Waals surface area contributed by atoms with Crippen LogP contribution in [0.15, 0.2) is 28.2 Å². The van der Waals surface area contributed by atoms with Crippen molar-refractivity contribution in [2.24, 2.45) is 11.3 Å². The van der Waals surface area contributed by atoms with Gasteiger partial charge in [-0.15, -0.1) is 12.6 Å². The molecule has 2 atom stereocenters. The highest BCUT2D eigenvalue weighted by molar-refractivity contribution is 7.80. The number of hydrogen-bond acceptors (Lipinski definition) is 1. The minimum absolute atomic E-state index is 0.309. The Bertz CT molecular complexity index is 702. The minimum Gasteiger partial charge on any atom is -0.143 e. The molecule has 1 heteroatoms. The largest absolute Gasteiger partial charge is 0.143 e. The van der Waals surface area contributed by atoms with Gasteiger partial charge >= 0.3 is 0 Å². The fraction of sp³-hybridized carbons (Fsp3) is 0.545. The molecule has 0 aromatic heterocycles. The maximum atomic E-state index is 4.82. The van der Waals surface area contributed by atoms with Gasteiger partial charge in [0.05, 0.1) is 0 Å². The third-order valence-electron chi connectivity index (χ3n) is 6.22. The molecule has 0 spiro atoms. The van der Waals surface area contributed by atoms with Crippen LogP contribution in [0.1, 0.15) is 67.3 Å². The van der Waals surface area contributed by atoms with Crippen molar-refractivity contribution in [3.05, 3.63) is 51.1 Å². The van der Waals surface area contributed by atoms with Crippen LogP contribution in [0.25, 0.3) is 0 Å². The van der Waals surface area contributed by atoms with Gasteiger partial charge in [0.2, 0.25) is 0 Å². The van der Waals surface area contributed by atoms with Gasteiger partial charge in [-0.3, -0.25) is 0 Å². The maximum absolute atomic E-state index is 4.82. The average molecular weight is 327 g/mol. The van der Waals surface area contributed by atoms with Crippen molar-refractivity contribution in [2.75, 3.05) is 0 Å². The second-order valence-electron chi connectivity index (χ2n) is 8.40. The molecule has 0 radical (unpaired) electrons. The summed E-state index contributed by atoms with van der Waals surface area (Å²) in [7, 11) is 0. The minimum atomic E-state index is 0.309. The van der Waals surface area contributed by atoms with Gasteiger partial charge in [-0.2, -0.15) is 0 Å². The number of benzene rings is 1. The fourth-order valence-corrected chi connectivity index (χ4v) is 4.87. The maximum Gasteiger partial charge on any atom is 0.0104 e. The number of allylic oxidation sites excluding steroid dienone is 4. The first-order valence-electron chi connectivity index (χ1n) is 8.86. The number of fused-ring (bicyclic) bond motifs is 1. The van der Waals surface area contributed by atoms with E-state index in [1.165, 1.54) is 33.6 Å². The molecule has 1 aromatic rings. The quantitative estimate of drug-likeness (QED) is 0.551. The van der Waals surface area contributed by atoms with Crippen molar-refractivity contribution in [2.45, 2.75) is 72.1 Å². The zero-order chi connectivity index (χ0) is 17.1. The predicted octanol–water partition coefficient (Wildman–Crippen LogP) is 6.62. The highest BCUT2D eigenvalue weighted by Gasteiger charge is 2.37. The molecule has 0 nitrogen and oxygen atoms in total. The Hall–Kier alpha value is -0.950. The fourth-order valence-electron chi connectivity index (χ4n) is 4.58. The molecule has 0 aliphatic heterocycles. The second kappa shape index (κ2) is 5.55. The van der Waals surface area contributed by atoms with Gasteiger partial charge in [0, 0.05) is 10.8 Å². The SMILES string of the molecule is Cc1c(C)c(S)c(C)c(C2CC(C)C3=CC(C)(C)CC=C32)c1C. The lowest BCUT2D eigenvalue weighted by atomic mass is 9.77. The van der Waals surface area contributed by atoms with Crippen LogP contribution in [0.2, 0.25) is 0 Å². The zero-order valence-corrected chi connectivity index (χ0v) is 16.6. The molecule has 0 amide bonds. The van der Waals surface area contributed by atoms with Crippen LogP contribution in [0.4, 0.5) is 0 Å². The molecule has 2 aliphatic carbocycles. The summed E-state index contributed by atoms with van der Waals surface area (Å²) < 4.78 is 0. The average Bonchev–Trinajstić information content (AvgIpc) is 2.79.